The van der Waals surface area contributed by atoms with Crippen LogP contribution >= 0.6 is 0 Å². The molecule has 3 rings (SSSR count). The Morgan fingerprint density at radius 1 is 1.04 bits per heavy atom. The van der Waals surface area contributed by atoms with E-state index < -0.39 is 0 Å². The molecule has 0 bridgehead atoms. The molecule has 0 unspecified atom stereocenters. The van der Waals surface area contributed by atoms with E-state index in [4.69, 9.17) is 9.47 Å². The molecule has 0 saturated carbocycles. The number of aromatic nitrogens is 2. The lowest BCUT2D eigenvalue weighted by Crippen LogP contribution is -2.13. The van der Waals surface area contributed by atoms with E-state index in [1.165, 1.54) is 11.1 Å². The van der Waals surface area contributed by atoms with Crippen molar-refractivity contribution in [3.63, 3.8) is 0 Å². The highest BCUT2D eigenvalue weighted by atomic mass is 16.5. The second-order valence-corrected chi connectivity index (χ2v) is 6.89. The summed E-state index contributed by atoms with van der Waals surface area (Å²) in [7, 11) is 1.65. The predicted octanol–water partition coefficient (Wildman–Crippen LogP) is 4.18. The average molecular weight is 377 g/mol. The number of ether oxygens (including phenoxy) is 2. The summed E-state index contributed by atoms with van der Waals surface area (Å²) in [6.45, 7) is 8.70. The van der Waals surface area contributed by atoms with Crippen molar-refractivity contribution in [2.75, 3.05) is 13.7 Å². The van der Waals surface area contributed by atoms with Gasteiger partial charge in [0.15, 0.2) is 11.5 Å². The van der Waals surface area contributed by atoms with Gasteiger partial charge >= 0.3 is 0 Å². The molecule has 28 heavy (non-hydrogen) atoms. The lowest BCUT2D eigenvalue weighted by atomic mass is 10.1. The maximum atomic E-state index is 5.79. The van der Waals surface area contributed by atoms with Crippen LogP contribution in [0, 0.1) is 0 Å². The maximum absolute atomic E-state index is 5.79. The molecule has 2 aromatic carbocycles. The zero-order chi connectivity index (χ0) is 19.8. The Labute approximate surface area is 166 Å². The number of hydrogen-bond donors (Lipinski definition) is 1. The number of hydrogen-bond acceptors (Lipinski definition) is 4. The molecule has 0 aliphatic carbocycles. The van der Waals surface area contributed by atoms with E-state index in [1.54, 1.807) is 13.3 Å². The molecule has 0 aliphatic heterocycles. The van der Waals surface area contributed by atoms with Gasteiger partial charge in [-0.1, -0.05) is 36.9 Å². The fraction of sp³-hybridized carbons (Fsp3) is 0.261. The quantitative estimate of drug-likeness (QED) is 0.539. The zero-order valence-electron chi connectivity index (χ0n) is 16.5. The van der Waals surface area contributed by atoms with E-state index in [-0.39, 0.29) is 0 Å². The Morgan fingerprint density at radius 3 is 2.43 bits per heavy atom. The first-order chi connectivity index (χ1) is 13.6. The first kappa shape index (κ1) is 19.7. The predicted molar refractivity (Wildman–Crippen MR) is 112 cm³/mol. The monoisotopic (exact) mass is 377 g/mol. The molecule has 0 fully saturated rings. The summed E-state index contributed by atoms with van der Waals surface area (Å²) in [5.74, 6) is 1.48. The van der Waals surface area contributed by atoms with Crippen LogP contribution in [0.25, 0.3) is 0 Å². The van der Waals surface area contributed by atoms with Crippen LogP contribution < -0.4 is 14.8 Å². The standard InChI is InChI=1S/C23H27N3O2/c1-18(2)16-28-23-12-21(8-9-22(23)27-3)14-25-13-19-4-6-20(7-5-19)15-26-11-10-24-17-26/h4-12,17,25H,1,13-16H2,2-3H3. The molecule has 0 saturated heterocycles. The van der Waals surface area contributed by atoms with Gasteiger partial charge in [-0.15, -0.1) is 0 Å². The molecule has 0 aliphatic rings. The smallest absolute Gasteiger partial charge is 0.161 e. The Balaban J connectivity index is 1.52. The van der Waals surface area contributed by atoms with Crippen LogP contribution in [0.3, 0.4) is 0 Å². The van der Waals surface area contributed by atoms with Crippen molar-refractivity contribution in [1.29, 1.82) is 0 Å². The van der Waals surface area contributed by atoms with E-state index in [0.717, 1.165) is 42.3 Å². The van der Waals surface area contributed by atoms with Crippen LogP contribution in [-0.2, 0) is 19.6 Å². The molecule has 3 aromatic rings. The highest BCUT2D eigenvalue weighted by Gasteiger charge is 2.06. The molecule has 5 nitrogen and oxygen atoms in total. The first-order valence-corrected chi connectivity index (χ1v) is 9.32. The zero-order valence-corrected chi connectivity index (χ0v) is 16.5. The summed E-state index contributed by atoms with van der Waals surface area (Å²) in [6, 6.07) is 14.7. The van der Waals surface area contributed by atoms with E-state index in [2.05, 4.69) is 45.7 Å². The third-order valence-electron chi connectivity index (χ3n) is 4.31. The summed E-state index contributed by atoms with van der Waals surface area (Å²) in [6.07, 6.45) is 5.60. The van der Waals surface area contributed by atoms with Gasteiger partial charge in [0.05, 0.1) is 13.4 Å². The number of nitrogens with zero attached hydrogens (tertiary/aromatic N) is 2. The fourth-order valence-electron chi connectivity index (χ4n) is 2.85. The van der Waals surface area contributed by atoms with Gasteiger partial charge in [0.1, 0.15) is 6.61 Å². The largest absolute Gasteiger partial charge is 0.493 e. The second kappa shape index (κ2) is 9.76. The molecule has 1 aromatic heterocycles. The van der Waals surface area contributed by atoms with E-state index in [1.807, 2.05) is 37.6 Å². The average Bonchev–Trinajstić information content (AvgIpc) is 3.21. The Morgan fingerprint density at radius 2 is 1.75 bits per heavy atom. The normalized spacial score (nSPS) is 10.6. The van der Waals surface area contributed by atoms with Crippen molar-refractivity contribution in [1.82, 2.24) is 14.9 Å². The van der Waals surface area contributed by atoms with Gasteiger partial charge < -0.3 is 19.4 Å². The van der Waals surface area contributed by atoms with Gasteiger partial charge in [-0.3, -0.25) is 0 Å². The summed E-state index contributed by atoms with van der Waals surface area (Å²) in [4.78, 5) is 4.07. The molecular weight excluding hydrogens is 350 g/mol. The highest BCUT2D eigenvalue weighted by Crippen LogP contribution is 2.28. The number of imidazole rings is 1. The van der Waals surface area contributed by atoms with Crippen LogP contribution in [0.4, 0.5) is 0 Å². The Hall–Kier alpha value is -3.05. The molecule has 146 valence electrons. The van der Waals surface area contributed by atoms with Crippen LogP contribution in [0.15, 0.2) is 73.3 Å². The summed E-state index contributed by atoms with van der Waals surface area (Å²) >= 11 is 0. The van der Waals surface area contributed by atoms with E-state index >= 15 is 0 Å². The first-order valence-electron chi connectivity index (χ1n) is 9.32. The third kappa shape index (κ3) is 5.72. The van der Waals surface area contributed by atoms with Crippen LogP contribution in [0.2, 0.25) is 0 Å². The second-order valence-electron chi connectivity index (χ2n) is 6.89. The fourth-order valence-corrected chi connectivity index (χ4v) is 2.85. The Bertz CT molecular complexity index is 887. The van der Waals surface area contributed by atoms with Crippen molar-refractivity contribution in [3.05, 3.63) is 90.0 Å². The van der Waals surface area contributed by atoms with Crippen LogP contribution in [-0.4, -0.2) is 23.3 Å². The lowest BCUT2D eigenvalue weighted by molar-refractivity contribution is 0.319. The van der Waals surface area contributed by atoms with Crippen LogP contribution in [0.5, 0.6) is 11.5 Å². The van der Waals surface area contributed by atoms with Gasteiger partial charge in [0, 0.05) is 32.0 Å². The number of benzene rings is 2. The molecule has 1 heterocycles. The summed E-state index contributed by atoms with van der Waals surface area (Å²) < 4.78 is 13.2. The maximum Gasteiger partial charge on any atom is 0.161 e. The third-order valence-corrected chi connectivity index (χ3v) is 4.31. The minimum Gasteiger partial charge on any atom is -0.493 e. The Kier molecular flexibility index (Phi) is 6.87. The lowest BCUT2D eigenvalue weighted by Gasteiger charge is -2.13. The molecule has 0 spiro atoms. The van der Waals surface area contributed by atoms with Crippen molar-refractivity contribution >= 4 is 0 Å². The summed E-state index contributed by atoms with van der Waals surface area (Å²) in [5, 5.41) is 3.48. The minimum atomic E-state index is 0.485. The van der Waals surface area contributed by atoms with Gasteiger partial charge in [0.2, 0.25) is 0 Å². The van der Waals surface area contributed by atoms with E-state index in [0.29, 0.717) is 6.61 Å². The highest BCUT2D eigenvalue weighted by molar-refractivity contribution is 5.43. The van der Waals surface area contributed by atoms with Gasteiger partial charge in [-0.2, -0.15) is 0 Å². The molecule has 1 N–H and O–H groups in total. The van der Waals surface area contributed by atoms with E-state index in [9.17, 15) is 0 Å². The molecule has 5 heteroatoms. The number of rotatable bonds is 10. The van der Waals surface area contributed by atoms with Crippen molar-refractivity contribution in [3.8, 4) is 11.5 Å². The van der Waals surface area contributed by atoms with Crippen LogP contribution in [0.1, 0.15) is 23.6 Å². The number of methoxy groups -OCH3 is 1. The minimum absolute atomic E-state index is 0.485. The van der Waals surface area contributed by atoms with Crippen molar-refractivity contribution < 1.29 is 9.47 Å². The van der Waals surface area contributed by atoms with Gasteiger partial charge in [-0.05, 0) is 41.3 Å². The van der Waals surface area contributed by atoms with Crippen molar-refractivity contribution in [2.45, 2.75) is 26.6 Å². The van der Waals surface area contributed by atoms with Gasteiger partial charge in [-0.25, -0.2) is 4.98 Å². The van der Waals surface area contributed by atoms with Gasteiger partial charge in [0.25, 0.3) is 0 Å². The molecule has 0 atom stereocenters. The molecule has 0 amide bonds. The summed E-state index contributed by atoms with van der Waals surface area (Å²) in [5.41, 5.74) is 4.63. The number of nitrogens with one attached hydrogen (secondary N) is 1. The van der Waals surface area contributed by atoms with Crippen molar-refractivity contribution in [2.24, 2.45) is 0 Å². The SMILES string of the molecule is C=C(C)COc1cc(CNCc2ccc(Cn3ccnc3)cc2)ccc1OC. The topological polar surface area (TPSA) is 48.3 Å². The molecular formula is C23H27N3O2. The molecule has 0 radical (unpaired) electrons.